The van der Waals surface area contributed by atoms with E-state index in [0.717, 1.165) is 0 Å². The van der Waals surface area contributed by atoms with E-state index in [9.17, 15) is 14.9 Å². The smallest absolute Gasteiger partial charge is 0.345 e. The number of benzene rings is 1. The lowest BCUT2D eigenvalue weighted by Gasteiger charge is -2.08. The van der Waals surface area contributed by atoms with Crippen molar-refractivity contribution in [1.29, 1.82) is 0 Å². The highest BCUT2D eigenvalue weighted by molar-refractivity contribution is 6.36. The maximum atomic E-state index is 11.9. The van der Waals surface area contributed by atoms with Crippen LogP contribution in [0.3, 0.4) is 0 Å². The van der Waals surface area contributed by atoms with Gasteiger partial charge in [0.2, 0.25) is 0 Å². The molecule has 1 aromatic heterocycles. The van der Waals surface area contributed by atoms with Crippen molar-refractivity contribution >= 4 is 34.9 Å². The maximum Gasteiger partial charge on any atom is 0.345 e. The molecule has 0 unspecified atom stereocenters. The van der Waals surface area contributed by atoms with Crippen molar-refractivity contribution in [1.82, 2.24) is 4.98 Å². The molecule has 114 valence electrons. The third-order valence-electron chi connectivity index (χ3n) is 2.79. The second kappa shape index (κ2) is 6.72. The predicted octanol–water partition coefficient (Wildman–Crippen LogP) is 4.14. The topological polar surface area (TPSA) is 82.3 Å². The fourth-order valence-corrected chi connectivity index (χ4v) is 2.39. The van der Waals surface area contributed by atoms with Crippen molar-refractivity contribution in [2.24, 2.45) is 0 Å². The van der Waals surface area contributed by atoms with Gasteiger partial charge in [0, 0.05) is 16.8 Å². The van der Waals surface area contributed by atoms with Crippen LogP contribution in [-0.2, 0) is 4.74 Å². The largest absolute Gasteiger partial charge is 0.462 e. The summed E-state index contributed by atoms with van der Waals surface area (Å²) in [5, 5.41) is 12.0. The summed E-state index contributed by atoms with van der Waals surface area (Å²) in [4.78, 5) is 26.6. The van der Waals surface area contributed by atoms with Gasteiger partial charge in [-0.1, -0.05) is 23.2 Å². The van der Waals surface area contributed by atoms with E-state index in [0.29, 0.717) is 10.6 Å². The van der Waals surface area contributed by atoms with Gasteiger partial charge in [0.1, 0.15) is 5.56 Å². The highest BCUT2D eigenvalue weighted by Gasteiger charge is 2.28. The summed E-state index contributed by atoms with van der Waals surface area (Å²) in [7, 11) is 0. The zero-order valence-electron chi connectivity index (χ0n) is 11.4. The van der Waals surface area contributed by atoms with E-state index in [-0.39, 0.29) is 22.9 Å². The minimum Gasteiger partial charge on any atom is -0.462 e. The van der Waals surface area contributed by atoms with Gasteiger partial charge in [-0.05, 0) is 31.2 Å². The Hall–Kier alpha value is -2.18. The first-order valence-electron chi connectivity index (χ1n) is 6.21. The van der Waals surface area contributed by atoms with Crippen molar-refractivity contribution in [3.8, 4) is 11.3 Å². The summed E-state index contributed by atoms with van der Waals surface area (Å²) in [5.41, 5.74) is -0.339. The van der Waals surface area contributed by atoms with Crippen LogP contribution < -0.4 is 0 Å². The van der Waals surface area contributed by atoms with Crippen LogP contribution >= 0.6 is 23.2 Å². The average Bonchev–Trinajstić information content (AvgIpc) is 2.46. The van der Waals surface area contributed by atoms with Gasteiger partial charge in [-0.3, -0.25) is 10.1 Å². The van der Waals surface area contributed by atoms with Gasteiger partial charge in [0.05, 0.1) is 16.6 Å². The van der Waals surface area contributed by atoms with Crippen molar-refractivity contribution < 1.29 is 14.5 Å². The van der Waals surface area contributed by atoms with E-state index in [2.05, 4.69) is 4.98 Å². The van der Waals surface area contributed by atoms with Gasteiger partial charge in [-0.2, -0.15) is 0 Å². The quantitative estimate of drug-likeness (QED) is 0.474. The molecule has 0 N–H and O–H groups in total. The molecule has 0 amide bonds. The molecule has 0 aliphatic carbocycles. The van der Waals surface area contributed by atoms with Crippen LogP contribution in [-0.4, -0.2) is 22.5 Å². The van der Waals surface area contributed by atoms with Crippen LogP contribution in [0.5, 0.6) is 0 Å². The molecule has 22 heavy (non-hydrogen) atoms. The highest BCUT2D eigenvalue weighted by Crippen LogP contribution is 2.36. The van der Waals surface area contributed by atoms with Crippen molar-refractivity contribution in [3.05, 3.63) is 56.2 Å². The third-order valence-corrected chi connectivity index (χ3v) is 3.34. The lowest BCUT2D eigenvalue weighted by molar-refractivity contribution is -0.384. The Bertz CT molecular complexity index is 750. The van der Waals surface area contributed by atoms with E-state index >= 15 is 0 Å². The molecule has 0 saturated carbocycles. The number of ether oxygens (including phenoxy) is 1. The van der Waals surface area contributed by atoms with E-state index < -0.39 is 16.6 Å². The summed E-state index contributed by atoms with van der Waals surface area (Å²) in [6.45, 7) is 1.72. The van der Waals surface area contributed by atoms with Crippen LogP contribution in [0.15, 0.2) is 30.5 Å². The monoisotopic (exact) mass is 340 g/mol. The summed E-state index contributed by atoms with van der Waals surface area (Å²) in [6.07, 6.45) is 1.29. The van der Waals surface area contributed by atoms with Gasteiger partial charge in [0.15, 0.2) is 5.69 Å². The van der Waals surface area contributed by atoms with Crippen LogP contribution in [0.1, 0.15) is 17.3 Å². The van der Waals surface area contributed by atoms with E-state index in [4.69, 9.17) is 27.9 Å². The molecule has 2 aromatic rings. The standard InChI is InChI=1S/C14H10Cl2N2O4/c1-2-22-14(19)10-5-6-17-12(13(10)18(20)21)9-4-3-8(15)7-11(9)16/h3-7H,2H2,1H3. The van der Waals surface area contributed by atoms with Crippen LogP contribution in [0, 0.1) is 10.1 Å². The SMILES string of the molecule is CCOC(=O)c1ccnc(-c2ccc(Cl)cc2Cl)c1[N+](=O)[O-]. The second-order valence-corrected chi connectivity index (χ2v) is 5.00. The predicted molar refractivity (Wildman–Crippen MR) is 82.3 cm³/mol. The zero-order chi connectivity index (χ0) is 16.3. The van der Waals surface area contributed by atoms with Crippen molar-refractivity contribution in [2.45, 2.75) is 6.92 Å². The van der Waals surface area contributed by atoms with Gasteiger partial charge < -0.3 is 4.74 Å². The molecule has 0 saturated heterocycles. The fraction of sp³-hybridized carbons (Fsp3) is 0.143. The first-order chi connectivity index (χ1) is 10.5. The molecule has 2 rings (SSSR count). The molecular weight excluding hydrogens is 331 g/mol. The number of hydrogen-bond donors (Lipinski definition) is 0. The second-order valence-electron chi connectivity index (χ2n) is 4.16. The van der Waals surface area contributed by atoms with Gasteiger partial charge in [0.25, 0.3) is 0 Å². The molecule has 0 atom stereocenters. The molecule has 0 aliphatic rings. The number of hydrogen-bond acceptors (Lipinski definition) is 5. The Morgan fingerprint density at radius 2 is 2.09 bits per heavy atom. The van der Waals surface area contributed by atoms with Crippen LogP contribution in [0.2, 0.25) is 10.0 Å². The molecule has 8 heteroatoms. The number of pyridine rings is 1. The number of nitrogens with zero attached hydrogens (tertiary/aromatic N) is 2. The minimum atomic E-state index is -0.789. The lowest BCUT2D eigenvalue weighted by Crippen LogP contribution is -2.09. The third kappa shape index (κ3) is 3.18. The Kier molecular flexibility index (Phi) is 4.95. The molecule has 0 spiro atoms. The Balaban J connectivity index is 2.68. The minimum absolute atomic E-state index is 0.0165. The highest BCUT2D eigenvalue weighted by atomic mass is 35.5. The molecule has 0 fully saturated rings. The summed E-state index contributed by atoms with van der Waals surface area (Å²) in [5.74, 6) is -0.789. The number of esters is 1. The first kappa shape index (κ1) is 16.2. The van der Waals surface area contributed by atoms with E-state index in [1.54, 1.807) is 6.92 Å². The molecule has 6 nitrogen and oxygen atoms in total. The Morgan fingerprint density at radius 1 is 1.36 bits per heavy atom. The summed E-state index contributed by atoms with van der Waals surface area (Å²) >= 11 is 11.9. The maximum absolute atomic E-state index is 11.9. The zero-order valence-corrected chi connectivity index (χ0v) is 12.9. The molecule has 0 bridgehead atoms. The number of aromatic nitrogens is 1. The molecule has 1 heterocycles. The summed E-state index contributed by atoms with van der Waals surface area (Å²) in [6, 6.07) is 5.73. The van der Waals surface area contributed by atoms with Crippen LogP contribution in [0.4, 0.5) is 5.69 Å². The average molecular weight is 341 g/mol. The molecule has 0 aliphatic heterocycles. The first-order valence-corrected chi connectivity index (χ1v) is 6.97. The summed E-state index contributed by atoms with van der Waals surface area (Å²) < 4.78 is 4.83. The van der Waals surface area contributed by atoms with Crippen LogP contribution in [0.25, 0.3) is 11.3 Å². The van der Waals surface area contributed by atoms with E-state index in [1.807, 2.05) is 0 Å². The van der Waals surface area contributed by atoms with Gasteiger partial charge >= 0.3 is 11.7 Å². The Labute approximate surface area is 135 Å². The van der Waals surface area contributed by atoms with Crippen molar-refractivity contribution in [3.63, 3.8) is 0 Å². The number of carbonyl (C=O) groups is 1. The van der Waals surface area contributed by atoms with E-state index in [1.165, 1.54) is 30.5 Å². The molecule has 1 aromatic carbocycles. The number of halogens is 2. The Morgan fingerprint density at radius 3 is 2.68 bits per heavy atom. The normalized spacial score (nSPS) is 10.3. The van der Waals surface area contributed by atoms with Gasteiger partial charge in [-0.15, -0.1) is 0 Å². The van der Waals surface area contributed by atoms with Gasteiger partial charge in [-0.25, -0.2) is 9.78 Å². The number of carbonyl (C=O) groups excluding carboxylic acids is 1. The van der Waals surface area contributed by atoms with Crippen molar-refractivity contribution in [2.75, 3.05) is 6.61 Å². The lowest BCUT2D eigenvalue weighted by atomic mass is 10.1. The molecule has 0 radical (unpaired) electrons. The number of rotatable bonds is 4. The fourth-order valence-electron chi connectivity index (χ4n) is 1.89. The number of nitro groups is 1. The molecular formula is C14H10Cl2N2O4.